The van der Waals surface area contributed by atoms with E-state index in [4.69, 9.17) is 18.9 Å². The fourth-order valence-electron chi connectivity index (χ4n) is 3.58. The van der Waals surface area contributed by atoms with Gasteiger partial charge in [-0.15, -0.1) is 0 Å². The van der Waals surface area contributed by atoms with E-state index >= 15 is 0 Å². The van der Waals surface area contributed by atoms with Gasteiger partial charge >= 0.3 is 0 Å². The highest BCUT2D eigenvalue weighted by atomic mass is 16.8. The van der Waals surface area contributed by atoms with Gasteiger partial charge in [-0.25, -0.2) is 0 Å². The Labute approximate surface area is 143 Å². The van der Waals surface area contributed by atoms with Gasteiger partial charge in [-0.1, -0.05) is 54.1 Å². The second-order valence-corrected chi connectivity index (χ2v) is 7.07. The molecule has 128 valence electrons. The molecule has 4 atom stereocenters. The summed E-state index contributed by atoms with van der Waals surface area (Å²) in [7, 11) is 0. The zero-order chi connectivity index (χ0) is 16.6. The molecular weight excluding hydrogens is 304 g/mol. The summed E-state index contributed by atoms with van der Waals surface area (Å²) < 4.78 is 24.3. The van der Waals surface area contributed by atoms with Crippen LogP contribution in [0, 0.1) is 0 Å². The molecule has 1 aromatic rings. The van der Waals surface area contributed by atoms with Crippen molar-refractivity contribution in [2.45, 2.75) is 63.7 Å². The Kier molecular flexibility index (Phi) is 4.31. The Bertz CT molecular complexity index is 634. The molecule has 4 rings (SSSR count). The first-order valence-corrected chi connectivity index (χ1v) is 8.62. The lowest BCUT2D eigenvalue weighted by Crippen LogP contribution is -2.37. The van der Waals surface area contributed by atoms with E-state index in [1.54, 1.807) is 0 Å². The molecule has 2 fully saturated rings. The predicted octanol–water partition coefficient (Wildman–Crippen LogP) is 3.72. The van der Waals surface area contributed by atoms with Crippen molar-refractivity contribution in [2.24, 2.45) is 0 Å². The second kappa shape index (κ2) is 6.45. The molecule has 2 heterocycles. The van der Waals surface area contributed by atoms with Crippen LogP contribution in [0.4, 0.5) is 0 Å². The summed E-state index contributed by atoms with van der Waals surface area (Å²) in [4.78, 5) is 0. The van der Waals surface area contributed by atoms with Crippen molar-refractivity contribution in [2.75, 3.05) is 0 Å². The van der Waals surface area contributed by atoms with E-state index in [2.05, 4.69) is 30.4 Å². The van der Waals surface area contributed by atoms with Crippen molar-refractivity contribution in [3.05, 3.63) is 59.7 Å². The van der Waals surface area contributed by atoms with Crippen molar-refractivity contribution in [1.82, 2.24) is 0 Å². The van der Waals surface area contributed by atoms with Crippen LogP contribution in [0.15, 0.2) is 54.1 Å². The van der Waals surface area contributed by atoms with Crippen LogP contribution >= 0.6 is 0 Å². The standard InChI is InChI=1S/C20H24O4/c1-20(2)23-18-17(21-13-15-10-4-3-5-11-15)16(22-19(18)24-20)12-14-8-6-7-9-14/h3-8,10-11,16-19H,9,12-13H2,1-2H3/t16-,17-,18-,19-/m1/s1. The third-order valence-electron chi connectivity index (χ3n) is 4.68. The molecule has 0 saturated carbocycles. The third kappa shape index (κ3) is 3.33. The van der Waals surface area contributed by atoms with Crippen LogP contribution in [0.25, 0.3) is 0 Å². The lowest BCUT2D eigenvalue weighted by molar-refractivity contribution is -0.218. The quantitative estimate of drug-likeness (QED) is 0.825. The number of ether oxygens (including phenoxy) is 4. The minimum atomic E-state index is -0.622. The van der Waals surface area contributed by atoms with Crippen molar-refractivity contribution in [3.63, 3.8) is 0 Å². The summed E-state index contributed by atoms with van der Waals surface area (Å²) in [5.74, 6) is -0.622. The summed E-state index contributed by atoms with van der Waals surface area (Å²) in [6.07, 6.45) is 7.59. The molecule has 1 aromatic carbocycles. The fraction of sp³-hybridized carbons (Fsp3) is 0.500. The van der Waals surface area contributed by atoms with E-state index in [9.17, 15) is 0 Å². The highest BCUT2D eigenvalue weighted by Crippen LogP contribution is 2.41. The molecule has 0 radical (unpaired) electrons. The molecule has 0 N–H and O–H groups in total. The minimum Gasteiger partial charge on any atom is -0.368 e. The Balaban J connectivity index is 1.46. The number of hydrogen-bond acceptors (Lipinski definition) is 4. The van der Waals surface area contributed by atoms with E-state index in [0.717, 1.165) is 18.4 Å². The molecule has 1 aliphatic carbocycles. The van der Waals surface area contributed by atoms with Crippen molar-refractivity contribution < 1.29 is 18.9 Å². The highest BCUT2D eigenvalue weighted by Gasteiger charge is 2.55. The van der Waals surface area contributed by atoms with E-state index < -0.39 is 5.79 Å². The van der Waals surface area contributed by atoms with Gasteiger partial charge in [0.25, 0.3) is 0 Å². The van der Waals surface area contributed by atoms with Gasteiger partial charge in [0.15, 0.2) is 12.1 Å². The number of benzene rings is 1. The van der Waals surface area contributed by atoms with Crippen LogP contribution < -0.4 is 0 Å². The predicted molar refractivity (Wildman–Crippen MR) is 90.2 cm³/mol. The zero-order valence-electron chi connectivity index (χ0n) is 14.2. The largest absolute Gasteiger partial charge is 0.368 e. The van der Waals surface area contributed by atoms with Crippen molar-refractivity contribution in [1.29, 1.82) is 0 Å². The SMILES string of the molecule is CC1(C)O[C@H]2O[C@H](CC3=CC=CC3)[C@@H](OCc3ccccc3)[C@H]2O1. The fourth-order valence-corrected chi connectivity index (χ4v) is 3.58. The molecule has 0 bridgehead atoms. The lowest BCUT2D eigenvalue weighted by atomic mass is 10.0. The van der Waals surface area contributed by atoms with Gasteiger partial charge in [0.05, 0.1) is 12.7 Å². The Morgan fingerprint density at radius 1 is 1.17 bits per heavy atom. The maximum absolute atomic E-state index is 6.24. The molecule has 0 unspecified atom stereocenters. The number of allylic oxidation sites excluding steroid dienone is 3. The number of fused-ring (bicyclic) bond motifs is 1. The summed E-state index contributed by atoms with van der Waals surface area (Å²) in [5.41, 5.74) is 2.52. The summed E-state index contributed by atoms with van der Waals surface area (Å²) in [6.45, 7) is 4.39. The molecule has 0 amide bonds. The Morgan fingerprint density at radius 2 is 2.00 bits per heavy atom. The molecule has 0 aromatic heterocycles. The van der Waals surface area contributed by atoms with Crippen LogP contribution in [-0.2, 0) is 25.6 Å². The second-order valence-electron chi connectivity index (χ2n) is 7.07. The van der Waals surface area contributed by atoms with Gasteiger partial charge in [-0.2, -0.15) is 0 Å². The van der Waals surface area contributed by atoms with Crippen LogP contribution in [0.2, 0.25) is 0 Å². The summed E-state index contributed by atoms with van der Waals surface area (Å²) in [5, 5.41) is 0. The first-order chi connectivity index (χ1) is 11.6. The highest BCUT2D eigenvalue weighted by molar-refractivity contribution is 5.24. The monoisotopic (exact) mass is 328 g/mol. The molecule has 24 heavy (non-hydrogen) atoms. The summed E-state index contributed by atoms with van der Waals surface area (Å²) >= 11 is 0. The van der Waals surface area contributed by atoms with Gasteiger partial charge in [-0.05, 0) is 32.3 Å². The molecular formula is C20H24O4. The Morgan fingerprint density at radius 3 is 2.75 bits per heavy atom. The van der Waals surface area contributed by atoms with Crippen LogP contribution in [0.1, 0.15) is 32.3 Å². The minimum absolute atomic E-state index is 0.0361. The van der Waals surface area contributed by atoms with E-state index in [1.807, 2.05) is 32.0 Å². The molecule has 0 spiro atoms. The number of hydrogen-bond donors (Lipinski definition) is 0. The molecule has 2 aliphatic heterocycles. The van der Waals surface area contributed by atoms with Gasteiger partial charge in [0.1, 0.15) is 12.2 Å². The average molecular weight is 328 g/mol. The molecule has 4 heteroatoms. The molecule has 3 aliphatic rings. The van der Waals surface area contributed by atoms with Crippen LogP contribution in [0.5, 0.6) is 0 Å². The maximum Gasteiger partial charge on any atom is 0.190 e. The molecule has 4 nitrogen and oxygen atoms in total. The van der Waals surface area contributed by atoms with E-state index in [0.29, 0.717) is 6.61 Å². The van der Waals surface area contributed by atoms with Gasteiger partial charge < -0.3 is 18.9 Å². The maximum atomic E-state index is 6.24. The Hall–Kier alpha value is -1.46. The first kappa shape index (κ1) is 16.0. The van der Waals surface area contributed by atoms with Gasteiger partial charge in [0.2, 0.25) is 0 Å². The zero-order valence-corrected chi connectivity index (χ0v) is 14.2. The van der Waals surface area contributed by atoms with Gasteiger partial charge in [-0.3, -0.25) is 0 Å². The van der Waals surface area contributed by atoms with Crippen LogP contribution in [-0.4, -0.2) is 30.4 Å². The van der Waals surface area contributed by atoms with E-state index in [-0.39, 0.29) is 24.6 Å². The van der Waals surface area contributed by atoms with E-state index in [1.165, 1.54) is 5.57 Å². The average Bonchev–Trinajstić information content (AvgIpc) is 3.22. The van der Waals surface area contributed by atoms with Crippen LogP contribution in [0.3, 0.4) is 0 Å². The van der Waals surface area contributed by atoms with Crippen molar-refractivity contribution >= 4 is 0 Å². The molecule has 2 saturated heterocycles. The summed E-state index contributed by atoms with van der Waals surface area (Å²) in [6, 6.07) is 10.2. The topological polar surface area (TPSA) is 36.9 Å². The third-order valence-corrected chi connectivity index (χ3v) is 4.68. The lowest BCUT2D eigenvalue weighted by Gasteiger charge is -2.26. The normalized spacial score (nSPS) is 33.7. The number of rotatable bonds is 5. The smallest absolute Gasteiger partial charge is 0.190 e. The first-order valence-electron chi connectivity index (χ1n) is 8.62. The van der Waals surface area contributed by atoms with Gasteiger partial charge in [0, 0.05) is 0 Å². The van der Waals surface area contributed by atoms with Crippen molar-refractivity contribution in [3.8, 4) is 0 Å².